The highest BCUT2D eigenvalue weighted by atomic mass is 32.1. The van der Waals surface area contributed by atoms with Crippen molar-refractivity contribution in [3.8, 4) is 0 Å². The maximum Gasteiger partial charge on any atom is 0.220 e. The molecule has 1 aromatic heterocycles. The number of fused-ring (bicyclic) bond motifs is 1. The summed E-state index contributed by atoms with van der Waals surface area (Å²) >= 11 is 1.77. The van der Waals surface area contributed by atoms with E-state index in [-0.39, 0.29) is 11.9 Å². The highest BCUT2D eigenvalue weighted by Crippen LogP contribution is 2.35. The topological polar surface area (TPSA) is 29.1 Å². The Morgan fingerprint density at radius 3 is 2.95 bits per heavy atom. The van der Waals surface area contributed by atoms with E-state index in [2.05, 4.69) is 54.0 Å². The van der Waals surface area contributed by atoms with Crippen molar-refractivity contribution < 1.29 is 4.79 Å². The molecule has 1 aromatic carbocycles. The first-order valence-electron chi connectivity index (χ1n) is 7.63. The molecule has 0 saturated heterocycles. The van der Waals surface area contributed by atoms with Gasteiger partial charge in [-0.15, -0.1) is 11.3 Å². The van der Waals surface area contributed by atoms with E-state index >= 15 is 0 Å². The number of rotatable bonds is 5. The van der Waals surface area contributed by atoms with Gasteiger partial charge in [0.1, 0.15) is 0 Å². The summed E-state index contributed by atoms with van der Waals surface area (Å²) in [4.78, 5) is 13.5. The maximum absolute atomic E-state index is 12.2. The van der Waals surface area contributed by atoms with Gasteiger partial charge in [-0.05, 0) is 47.8 Å². The van der Waals surface area contributed by atoms with Crippen LogP contribution in [0.3, 0.4) is 0 Å². The molecule has 0 radical (unpaired) electrons. The van der Waals surface area contributed by atoms with E-state index in [1.54, 1.807) is 11.3 Å². The van der Waals surface area contributed by atoms with Crippen LogP contribution in [0.4, 0.5) is 0 Å². The van der Waals surface area contributed by atoms with Crippen molar-refractivity contribution in [2.24, 2.45) is 5.92 Å². The van der Waals surface area contributed by atoms with Gasteiger partial charge in [0.2, 0.25) is 5.91 Å². The van der Waals surface area contributed by atoms with Crippen LogP contribution in [-0.4, -0.2) is 5.91 Å². The van der Waals surface area contributed by atoms with Crippen molar-refractivity contribution in [2.75, 3.05) is 0 Å². The molecular formula is C18H21NOS. The Hall–Kier alpha value is -1.61. The van der Waals surface area contributed by atoms with Crippen molar-refractivity contribution in [1.82, 2.24) is 5.32 Å². The number of nitrogens with one attached hydrogen (secondary N) is 1. The number of hydrogen-bond acceptors (Lipinski definition) is 2. The molecule has 1 aliphatic carbocycles. The molecule has 3 heteroatoms. The van der Waals surface area contributed by atoms with Crippen molar-refractivity contribution >= 4 is 17.2 Å². The van der Waals surface area contributed by atoms with E-state index in [1.165, 1.54) is 16.0 Å². The molecule has 0 aliphatic heterocycles. The molecule has 110 valence electrons. The third-order valence-electron chi connectivity index (χ3n) is 4.22. The van der Waals surface area contributed by atoms with Crippen molar-refractivity contribution in [2.45, 2.75) is 38.6 Å². The van der Waals surface area contributed by atoms with Crippen LogP contribution in [0.1, 0.15) is 41.8 Å². The van der Waals surface area contributed by atoms with Gasteiger partial charge in [-0.2, -0.15) is 0 Å². The van der Waals surface area contributed by atoms with Crippen LogP contribution in [-0.2, 0) is 17.6 Å². The molecule has 1 N–H and O–H groups in total. The predicted octanol–water partition coefficient (Wildman–Crippen LogP) is 4.12. The number of aryl methyl sites for hydroxylation is 1. The minimum absolute atomic E-state index is 0.181. The van der Waals surface area contributed by atoms with Gasteiger partial charge in [0, 0.05) is 11.3 Å². The molecule has 0 spiro atoms. The van der Waals surface area contributed by atoms with Gasteiger partial charge >= 0.3 is 0 Å². The Bertz CT molecular complexity index is 605. The van der Waals surface area contributed by atoms with Crippen LogP contribution >= 0.6 is 11.3 Å². The van der Waals surface area contributed by atoms with Crippen molar-refractivity contribution in [3.05, 3.63) is 57.8 Å². The molecule has 1 aliphatic rings. The van der Waals surface area contributed by atoms with E-state index in [0.29, 0.717) is 12.3 Å². The summed E-state index contributed by atoms with van der Waals surface area (Å²) in [6.07, 6.45) is 3.61. The normalized spacial score (nSPS) is 20.2. The van der Waals surface area contributed by atoms with Crippen LogP contribution in [0.2, 0.25) is 0 Å². The van der Waals surface area contributed by atoms with E-state index < -0.39 is 0 Å². The summed E-state index contributed by atoms with van der Waals surface area (Å²) in [6.45, 7) is 2.22. The van der Waals surface area contributed by atoms with Crippen molar-refractivity contribution in [3.63, 3.8) is 0 Å². The van der Waals surface area contributed by atoms with Gasteiger partial charge in [-0.1, -0.05) is 37.3 Å². The molecule has 21 heavy (non-hydrogen) atoms. The summed E-state index contributed by atoms with van der Waals surface area (Å²) < 4.78 is 0. The number of carbonyl (C=O) groups is 1. The van der Waals surface area contributed by atoms with E-state index in [1.807, 2.05) is 0 Å². The lowest BCUT2D eigenvalue weighted by molar-refractivity contribution is -0.122. The molecule has 2 unspecified atom stereocenters. The summed E-state index contributed by atoms with van der Waals surface area (Å²) in [7, 11) is 0. The summed E-state index contributed by atoms with van der Waals surface area (Å²) in [5, 5.41) is 5.32. The second-order valence-electron chi connectivity index (χ2n) is 5.86. The molecule has 0 fully saturated rings. The molecule has 2 aromatic rings. The molecule has 0 saturated carbocycles. The van der Waals surface area contributed by atoms with E-state index in [0.717, 1.165) is 19.3 Å². The monoisotopic (exact) mass is 299 g/mol. The second kappa shape index (κ2) is 6.44. The highest BCUT2D eigenvalue weighted by molar-refractivity contribution is 7.09. The molecule has 2 nitrogen and oxygen atoms in total. The van der Waals surface area contributed by atoms with Gasteiger partial charge < -0.3 is 5.32 Å². The third-order valence-corrected chi connectivity index (χ3v) is 5.16. The lowest BCUT2D eigenvalue weighted by Crippen LogP contribution is -2.30. The van der Waals surface area contributed by atoms with Gasteiger partial charge in [-0.25, -0.2) is 0 Å². The van der Waals surface area contributed by atoms with Gasteiger partial charge in [0.25, 0.3) is 0 Å². The Labute approximate surface area is 130 Å². The third kappa shape index (κ3) is 3.35. The van der Waals surface area contributed by atoms with Crippen LogP contribution in [0.5, 0.6) is 0 Å². The maximum atomic E-state index is 12.2. The largest absolute Gasteiger partial charge is 0.349 e. The van der Waals surface area contributed by atoms with E-state index in [4.69, 9.17) is 0 Å². The summed E-state index contributed by atoms with van der Waals surface area (Å²) in [6, 6.07) is 12.9. The number of thiophene rings is 1. The molecular weight excluding hydrogens is 278 g/mol. The van der Waals surface area contributed by atoms with E-state index in [9.17, 15) is 4.79 Å². The fraction of sp³-hybridized carbons (Fsp3) is 0.389. The predicted molar refractivity (Wildman–Crippen MR) is 87.5 cm³/mol. The molecule has 3 rings (SSSR count). The average molecular weight is 299 g/mol. The summed E-state index contributed by atoms with van der Waals surface area (Å²) in [5.41, 5.74) is 2.69. The minimum Gasteiger partial charge on any atom is -0.349 e. The summed E-state index contributed by atoms with van der Waals surface area (Å²) in [5.74, 6) is 0.670. The fourth-order valence-corrected chi connectivity index (χ4v) is 3.89. The highest BCUT2D eigenvalue weighted by Gasteiger charge is 2.29. The number of amides is 1. The van der Waals surface area contributed by atoms with Crippen LogP contribution < -0.4 is 5.32 Å². The number of benzene rings is 1. The quantitative estimate of drug-likeness (QED) is 0.884. The molecule has 1 heterocycles. The van der Waals surface area contributed by atoms with Gasteiger partial charge in [0.05, 0.1) is 6.04 Å². The van der Waals surface area contributed by atoms with Crippen LogP contribution in [0, 0.1) is 5.92 Å². The zero-order chi connectivity index (χ0) is 14.7. The smallest absolute Gasteiger partial charge is 0.220 e. The first-order chi connectivity index (χ1) is 10.2. The minimum atomic E-state index is 0.181. The second-order valence-corrected chi connectivity index (χ2v) is 6.89. The Morgan fingerprint density at radius 2 is 2.14 bits per heavy atom. The van der Waals surface area contributed by atoms with Gasteiger partial charge in [-0.3, -0.25) is 4.79 Å². The first kappa shape index (κ1) is 14.3. The Morgan fingerprint density at radius 1 is 1.29 bits per heavy atom. The fourth-order valence-electron chi connectivity index (χ4n) is 3.14. The molecule has 2 atom stereocenters. The van der Waals surface area contributed by atoms with Crippen LogP contribution in [0.25, 0.3) is 0 Å². The molecule has 1 amide bonds. The Balaban J connectivity index is 1.53. The number of hydrogen-bond donors (Lipinski definition) is 1. The standard InChI is InChI=1S/C18H21NOS/c1-13-12-14-6-2-3-9-16(14)18(13)19-17(20)10-4-7-15-8-5-11-21-15/h2-3,5-6,8-9,11,13,18H,4,7,10,12H2,1H3,(H,19,20). The first-order valence-corrected chi connectivity index (χ1v) is 8.51. The SMILES string of the molecule is CC1Cc2ccccc2C1NC(=O)CCCc1cccs1. The van der Waals surface area contributed by atoms with Crippen molar-refractivity contribution in [1.29, 1.82) is 0 Å². The average Bonchev–Trinajstić information content (AvgIpc) is 3.08. The zero-order valence-electron chi connectivity index (χ0n) is 12.3. The lowest BCUT2D eigenvalue weighted by atomic mass is 10.0. The number of carbonyl (C=O) groups excluding carboxylic acids is 1. The zero-order valence-corrected chi connectivity index (χ0v) is 13.2. The van der Waals surface area contributed by atoms with Gasteiger partial charge in [0.15, 0.2) is 0 Å². The van der Waals surface area contributed by atoms with Crippen LogP contribution in [0.15, 0.2) is 41.8 Å². The molecule has 0 bridgehead atoms. The lowest BCUT2D eigenvalue weighted by Gasteiger charge is -2.18. The Kier molecular flexibility index (Phi) is 4.39.